The Morgan fingerprint density at radius 2 is 2.30 bits per heavy atom. The summed E-state index contributed by atoms with van der Waals surface area (Å²) in [5.74, 6) is -0.715. The predicted molar refractivity (Wildman–Crippen MR) is 86.2 cm³/mol. The topological polar surface area (TPSA) is 99.1 Å². The van der Waals surface area contributed by atoms with E-state index in [0.29, 0.717) is 6.42 Å². The number of nitrogens with zero attached hydrogens (tertiary/aromatic N) is 1. The van der Waals surface area contributed by atoms with Crippen molar-refractivity contribution >= 4 is 30.5 Å². The Bertz CT molecular complexity index is 547. The lowest BCUT2D eigenvalue weighted by atomic mass is 10.2. The second kappa shape index (κ2) is 8.25. The van der Waals surface area contributed by atoms with Gasteiger partial charge in [-0.3, -0.25) is 9.59 Å². The van der Waals surface area contributed by atoms with Crippen molar-refractivity contribution in [3.63, 3.8) is 0 Å². The lowest BCUT2D eigenvalue weighted by Gasteiger charge is -2.23. The highest BCUT2D eigenvalue weighted by Gasteiger charge is 2.33. The molecule has 1 aliphatic carbocycles. The maximum absolute atomic E-state index is 12.1. The van der Waals surface area contributed by atoms with Gasteiger partial charge in [0.05, 0.1) is 0 Å². The Morgan fingerprint density at radius 1 is 1.57 bits per heavy atom. The molecule has 3 N–H and O–H groups in total. The number of thiophene rings is 1. The summed E-state index contributed by atoms with van der Waals surface area (Å²) >= 11 is 1.49. The SMILES string of the molecule is C=CC(=O)N(CC(=O)N[C@@H](Cc1ccsc1)OB(O)O)C1CC1. The van der Waals surface area contributed by atoms with E-state index in [4.69, 9.17) is 14.7 Å². The third-order valence-corrected chi connectivity index (χ3v) is 4.10. The van der Waals surface area contributed by atoms with E-state index in [1.807, 2.05) is 16.8 Å². The molecule has 0 aromatic carbocycles. The van der Waals surface area contributed by atoms with Gasteiger partial charge in [-0.15, -0.1) is 0 Å². The number of hydrogen-bond acceptors (Lipinski definition) is 6. The first-order valence-corrected chi connectivity index (χ1v) is 8.19. The molecule has 1 atom stereocenters. The average molecular weight is 338 g/mol. The standard InChI is InChI=1S/C14H19BN2O5S/c1-2-14(19)17(11-3-4-11)8-12(18)16-13(22-15(20)21)7-10-5-6-23-9-10/h2,5-6,9,11,13,20-21H,1,3-4,7-8H2,(H,16,18)/t13-/m1/s1. The van der Waals surface area contributed by atoms with Gasteiger partial charge in [0.2, 0.25) is 11.8 Å². The van der Waals surface area contributed by atoms with E-state index in [-0.39, 0.29) is 18.5 Å². The lowest BCUT2D eigenvalue weighted by molar-refractivity contribution is -0.134. The number of rotatable bonds is 9. The van der Waals surface area contributed by atoms with Crippen molar-refractivity contribution in [1.29, 1.82) is 0 Å². The molecule has 7 nitrogen and oxygen atoms in total. The fourth-order valence-electron chi connectivity index (χ4n) is 2.17. The number of hydrogen-bond donors (Lipinski definition) is 3. The molecule has 9 heteroatoms. The fourth-order valence-corrected chi connectivity index (χ4v) is 2.85. The summed E-state index contributed by atoms with van der Waals surface area (Å²) in [6, 6.07) is 1.93. The smallest absolute Gasteiger partial charge is 0.402 e. The minimum atomic E-state index is -1.99. The molecule has 23 heavy (non-hydrogen) atoms. The Balaban J connectivity index is 1.92. The van der Waals surface area contributed by atoms with E-state index in [0.717, 1.165) is 18.4 Å². The van der Waals surface area contributed by atoms with E-state index in [1.165, 1.54) is 22.3 Å². The van der Waals surface area contributed by atoms with E-state index in [1.54, 1.807) is 0 Å². The summed E-state index contributed by atoms with van der Waals surface area (Å²) in [5.41, 5.74) is 0.905. The Hall–Kier alpha value is -1.68. The van der Waals surface area contributed by atoms with Crippen LogP contribution >= 0.6 is 11.3 Å². The van der Waals surface area contributed by atoms with Crippen LogP contribution in [-0.4, -0.2) is 52.9 Å². The Labute approximate surface area is 138 Å². The molecule has 2 amide bonds. The van der Waals surface area contributed by atoms with E-state index in [9.17, 15) is 9.59 Å². The molecular weight excluding hydrogens is 319 g/mol. The van der Waals surface area contributed by atoms with Gasteiger partial charge in [-0.05, 0) is 41.3 Å². The van der Waals surface area contributed by atoms with Gasteiger partial charge in [0.1, 0.15) is 12.8 Å². The van der Waals surface area contributed by atoms with Gasteiger partial charge in [0, 0.05) is 12.5 Å². The van der Waals surface area contributed by atoms with Crippen LogP contribution in [0.5, 0.6) is 0 Å². The summed E-state index contributed by atoms with van der Waals surface area (Å²) in [5, 5.41) is 24.3. The molecule has 1 aromatic heterocycles. The van der Waals surface area contributed by atoms with Crippen LogP contribution in [0.15, 0.2) is 29.5 Å². The van der Waals surface area contributed by atoms with Crippen molar-refractivity contribution in [2.45, 2.75) is 31.5 Å². The van der Waals surface area contributed by atoms with E-state index >= 15 is 0 Å². The van der Waals surface area contributed by atoms with Crippen molar-refractivity contribution in [2.75, 3.05) is 6.54 Å². The van der Waals surface area contributed by atoms with Gasteiger partial charge in [-0.2, -0.15) is 11.3 Å². The highest BCUT2D eigenvalue weighted by molar-refractivity contribution is 7.07. The van der Waals surface area contributed by atoms with E-state index < -0.39 is 19.5 Å². The summed E-state index contributed by atoms with van der Waals surface area (Å²) in [7, 11) is -1.99. The molecule has 2 rings (SSSR count). The van der Waals surface area contributed by atoms with Crippen LogP contribution in [0.2, 0.25) is 0 Å². The van der Waals surface area contributed by atoms with Crippen LogP contribution in [0.4, 0.5) is 0 Å². The van der Waals surface area contributed by atoms with Crippen LogP contribution in [0.25, 0.3) is 0 Å². The summed E-state index contributed by atoms with van der Waals surface area (Å²) < 4.78 is 4.90. The van der Waals surface area contributed by atoms with Crippen LogP contribution in [0.3, 0.4) is 0 Å². The first-order valence-electron chi connectivity index (χ1n) is 7.24. The van der Waals surface area contributed by atoms with Crippen LogP contribution in [-0.2, 0) is 20.7 Å². The van der Waals surface area contributed by atoms with Crippen molar-refractivity contribution < 1.29 is 24.3 Å². The molecule has 0 spiro atoms. The first kappa shape index (κ1) is 17.7. The average Bonchev–Trinajstić information content (AvgIpc) is 3.21. The third kappa shape index (κ3) is 5.79. The number of carbonyl (C=O) groups is 2. The van der Waals surface area contributed by atoms with Crippen molar-refractivity contribution in [3.8, 4) is 0 Å². The van der Waals surface area contributed by atoms with Gasteiger partial charge in [-0.1, -0.05) is 6.58 Å². The van der Waals surface area contributed by atoms with Crippen LogP contribution in [0, 0.1) is 0 Å². The first-order chi connectivity index (χ1) is 11.0. The van der Waals surface area contributed by atoms with Gasteiger partial charge in [-0.25, -0.2) is 0 Å². The predicted octanol–water partition coefficient (Wildman–Crippen LogP) is -0.104. The molecule has 1 fully saturated rings. The molecule has 0 aliphatic heterocycles. The molecule has 0 saturated heterocycles. The number of carbonyl (C=O) groups excluding carboxylic acids is 2. The second-order valence-electron chi connectivity index (χ2n) is 5.26. The lowest BCUT2D eigenvalue weighted by Crippen LogP contribution is -2.47. The largest absolute Gasteiger partial charge is 0.635 e. The van der Waals surface area contributed by atoms with Crippen molar-refractivity contribution in [1.82, 2.24) is 10.2 Å². The van der Waals surface area contributed by atoms with Gasteiger partial charge in [0.15, 0.2) is 0 Å². The molecule has 1 aliphatic rings. The zero-order valence-electron chi connectivity index (χ0n) is 12.6. The maximum Gasteiger partial charge on any atom is 0.635 e. The third-order valence-electron chi connectivity index (χ3n) is 3.37. The normalized spacial score (nSPS) is 14.9. The van der Waals surface area contributed by atoms with E-state index in [2.05, 4.69) is 11.9 Å². The molecule has 1 heterocycles. The molecule has 1 aromatic rings. The zero-order valence-corrected chi connectivity index (χ0v) is 13.4. The molecule has 124 valence electrons. The highest BCUT2D eigenvalue weighted by atomic mass is 32.1. The zero-order chi connectivity index (χ0) is 16.8. The molecule has 1 saturated carbocycles. The summed E-state index contributed by atoms with van der Waals surface area (Å²) in [6.45, 7) is 3.33. The minimum Gasteiger partial charge on any atom is -0.402 e. The van der Waals surface area contributed by atoms with Gasteiger partial charge in [0.25, 0.3) is 0 Å². The summed E-state index contributed by atoms with van der Waals surface area (Å²) in [6.07, 6.45) is 2.33. The van der Waals surface area contributed by atoms with Gasteiger partial charge < -0.3 is 24.9 Å². The maximum atomic E-state index is 12.1. The fraction of sp³-hybridized carbons (Fsp3) is 0.429. The molecule has 0 bridgehead atoms. The van der Waals surface area contributed by atoms with Crippen LogP contribution < -0.4 is 5.32 Å². The number of amides is 2. The Kier molecular flexibility index (Phi) is 6.34. The Morgan fingerprint density at radius 3 is 2.83 bits per heavy atom. The highest BCUT2D eigenvalue weighted by Crippen LogP contribution is 2.26. The molecule has 0 unspecified atom stereocenters. The molecular formula is C14H19BN2O5S. The van der Waals surface area contributed by atoms with Crippen LogP contribution in [0.1, 0.15) is 18.4 Å². The second-order valence-corrected chi connectivity index (χ2v) is 6.04. The van der Waals surface area contributed by atoms with Gasteiger partial charge >= 0.3 is 7.32 Å². The monoisotopic (exact) mass is 338 g/mol. The number of nitrogens with one attached hydrogen (secondary N) is 1. The summed E-state index contributed by atoms with van der Waals surface area (Å²) in [4.78, 5) is 25.4. The van der Waals surface area contributed by atoms with Crippen molar-refractivity contribution in [3.05, 3.63) is 35.0 Å². The minimum absolute atomic E-state index is 0.0749. The van der Waals surface area contributed by atoms with Crippen molar-refractivity contribution in [2.24, 2.45) is 0 Å². The molecule has 0 radical (unpaired) electrons. The quantitative estimate of drug-likeness (QED) is 0.332.